The molecule has 2 rings (SSSR count). The zero-order valence-corrected chi connectivity index (χ0v) is 12.3. The molecule has 1 aliphatic rings. The number of hydrogen-bond donors (Lipinski definition) is 2. The third kappa shape index (κ3) is 3.95. The fourth-order valence-electron chi connectivity index (χ4n) is 2.58. The van der Waals surface area contributed by atoms with E-state index in [4.69, 9.17) is 0 Å². The van der Waals surface area contributed by atoms with Crippen molar-refractivity contribution in [2.75, 3.05) is 18.0 Å². The lowest BCUT2D eigenvalue weighted by molar-refractivity contribution is 0.154. The van der Waals surface area contributed by atoms with Gasteiger partial charge in [0.1, 0.15) is 0 Å². The zero-order chi connectivity index (χ0) is 13.8. The summed E-state index contributed by atoms with van der Waals surface area (Å²) in [5.74, 6) is 0. The minimum atomic E-state index is -0.170. The van der Waals surface area contributed by atoms with Crippen molar-refractivity contribution in [3.05, 3.63) is 29.3 Å². The van der Waals surface area contributed by atoms with E-state index in [0.717, 1.165) is 32.5 Å². The van der Waals surface area contributed by atoms with Crippen LogP contribution in [0, 0.1) is 6.92 Å². The Bertz CT molecular complexity index is 417. The molecule has 106 valence electrons. The van der Waals surface area contributed by atoms with Gasteiger partial charge in [-0.05, 0) is 43.0 Å². The molecule has 19 heavy (non-hydrogen) atoms. The molecule has 0 saturated carbocycles. The molecule has 1 aromatic carbocycles. The minimum absolute atomic E-state index is 0.170. The number of nitrogens with one attached hydrogen (secondary N) is 1. The second-order valence-electron chi connectivity index (χ2n) is 5.89. The van der Waals surface area contributed by atoms with Crippen LogP contribution in [0.5, 0.6) is 0 Å². The Morgan fingerprint density at radius 2 is 2.21 bits per heavy atom. The summed E-state index contributed by atoms with van der Waals surface area (Å²) in [6.45, 7) is 9.24. The van der Waals surface area contributed by atoms with Gasteiger partial charge in [0.05, 0.1) is 6.10 Å². The molecule has 1 fully saturated rings. The number of β-amino-alcohol motifs (C(OH)–C–C–N with tert-alkyl or cyclic N) is 1. The maximum atomic E-state index is 9.76. The summed E-state index contributed by atoms with van der Waals surface area (Å²) < 4.78 is 0. The first-order valence-corrected chi connectivity index (χ1v) is 7.32. The number of nitrogens with zero attached hydrogens (tertiary/aromatic N) is 1. The molecule has 3 nitrogen and oxygen atoms in total. The van der Waals surface area contributed by atoms with E-state index in [0.29, 0.717) is 6.04 Å². The largest absolute Gasteiger partial charge is 0.391 e. The summed E-state index contributed by atoms with van der Waals surface area (Å²) in [7, 11) is 0. The van der Waals surface area contributed by atoms with E-state index >= 15 is 0 Å². The highest BCUT2D eigenvalue weighted by atomic mass is 16.3. The van der Waals surface area contributed by atoms with Gasteiger partial charge in [-0.2, -0.15) is 0 Å². The monoisotopic (exact) mass is 262 g/mol. The average molecular weight is 262 g/mol. The van der Waals surface area contributed by atoms with Crippen molar-refractivity contribution in [2.45, 2.75) is 52.3 Å². The maximum absolute atomic E-state index is 9.76. The SMILES string of the molecule is Cc1cc(N2CCCC(O)C2)ccc1CNC(C)C. The van der Waals surface area contributed by atoms with Gasteiger partial charge >= 0.3 is 0 Å². The second-order valence-corrected chi connectivity index (χ2v) is 5.89. The van der Waals surface area contributed by atoms with Crippen molar-refractivity contribution >= 4 is 5.69 Å². The van der Waals surface area contributed by atoms with Gasteiger partial charge in [-0.3, -0.25) is 0 Å². The van der Waals surface area contributed by atoms with Crippen LogP contribution < -0.4 is 10.2 Å². The molecule has 1 aliphatic heterocycles. The van der Waals surface area contributed by atoms with Crippen LogP contribution in [-0.4, -0.2) is 30.3 Å². The number of rotatable bonds is 4. The summed E-state index contributed by atoms with van der Waals surface area (Å²) in [4.78, 5) is 2.29. The molecule has 1 atom stereocenters. The molecule has 0 aromatic heterocycles. The first-order valence-electron chi connectivity index (χ1n) is 7.32. The van der Waals surface area contributed by atoms with Crippen molar-refractivity contribution in [3.8, 4) is 0 Å². The molecule has 0 amide bonds. The van der Waals surface area contributed by atoms with E-state index in [1.807, 2.05) is 0 Å². The quantitative estimate of drug-likeness (QED) is 0.875. The van der Waals surface area contributed by atoms with Gasteiger partial charge in [-0.1, -0.05) is 19.9 Å². The molecule has 3 heteroatoms. The third-order valence-corrected chi connectivity index (χ3v) is 3.79. The lowest BCUT2D eigenvalue weighted by Gasteiger charge is -2.32. The molecular weight excluding hydrogens is 236 g/mol. The Balaban J connectivity index is 2.05. The Morgan fingerprint density at radius 1 is 1.42 bits per heavy atom. The fourth-order valence-corrected chi connectivity index (χ4v) is 2.58. The predicted molar refractivity (Wildman–Crippen MR) is 80.6 cm³/mol. The topological polar surface area (TPSA) is 35.5 Å². The Kier molecular flexibility index (Phi) is 4.83. The molecule has 1 heterocycles. The number of anilines is 1. The fraction of sp³-hybridized carbons (Fsp3) is 0.625. The van der Waals surface area contributed by atoms with Gasteiger partial charge in [-0.25, -0.2) is 0 Å². The van der Waals surface area contributed by atoms with Crippen molar-refractivity contribution in [1.82, 2.24) is 5.32 Å². The van der Waals surface area contributed by atoms with E-state index in [9.17, 15) is 5.11 Å². The summed E-state index contributed by atoms with van der Waals surface area (Å²) in [6, 6.07) is 7.15. The Hall–Kier alpha value is -1.06. The summed E-state index contributed by atoms with van der Waals surface area (Å²) >= 11 is 0. The average Bonchev–Trinajstić information content (AvgIpc) is 2.37. The van der Waals surface area contributed by atoms with Crippen LogP contribution in [0.3, 0.4) is 0 Å². The van der Waals surface area contributed by atoms with Crippen molar-refractivity contribution < 1.29 is 5.11 Å². The normalized spacial score (nSPS) is 20.1. The lowest BCUT2D eigenvalue weighted by Crippen LogP contribution is -2.38. The maximum Gasteiger partial charge on any atom is 0.0715 e. The van der Waals surface area contributed by atoms with Crippen LogP contribution in [0.2, 0.25) is 0 Å². The van der Waals surface area contributed by atoms with Crippen LogP contribution in [0.15, 0.2) is 18.2 Å². The first-order chi connectivity index (χ1) is 9.06. The summed E-state index contributed by atoms with van der Waals surface area (Å²) in [5.41, 5.74) is 3.92. The molecule has 0 bridgehead atoms. The molecule has 0 radical (unpaired) electrons. The minimum Gasteiger partial charge on any atom is -0.391 e. The third-order valence-electron chi connectivity index (χ3n) is 3.79. The standard InChI is InChI=1S/C16H26N2O/c1-12(2)17-10-14-6-7-15(9-13(14)3)18-8-4-5-16(19)11-18/h6-7,9,12,16-17,19H,4-5,8,10-11H2,1-3H3. The highest BCUT2D eigenvalue weighted by molar-refractivity contribution is 5.51. The van der Waals surface area contributed by atoms with E-state index in [1.165, 1.54) is 16.8 Å². The number of benzene rings is 1. The molecule has 1 saturated heterocycles. The van der Waals surface area contributed by atoms with E-state index in [-0.39, 0.29) is 6.10 Å². The Morgan fingerprint density at radius 3 is 2.84 bits per heavy atom. The van der Waals surface area contributed by atoms with Crippen LogP contribution in [0.25, 0.3) is 0 Å². The van der Waals surface area contributed by atoms with Crippen LogP contribution in [-0.2, 0) is 6.54 Å². The van der Waals surface area contributed by atoms with Gasteiger partial charge in [-0.15, -0.1) is 0 Å². The number of aryl methyl sites for hydroxylation is 1. The highest BCUT2D eigenvalue weighted by Crippen LogP contribution is 2.23. The first kappa shape index (κ1) is 14.4. The smallest absolute Gasteiger partial charge is 0.0715 e. The summed E-state index contributed by atoms with van der Waals surface area (Å²) in [6.07, 6.45) is 1.85. The molecule has 0 spiro atoms. The number of aliphatic hydroxyl groups excluding tert-OH is 1. The summed E-state index contributed by atoms with van der Waals surface area (Å²) in [5, 5.41) is 13.2. The van der Waals surface area contributed by atoms with Crippen LogP contribution >= 0.6 is 0 Å². The van der Waals surface area contributed by atoms with Crippen molar-refractivity contribution in [3.63, 3.8) is 0 Å². The van der Waals surface area contributed by atoms with Gasteiger partial charge in [0.15, 0.2) is 0 Å². The lowest BCUT2D eigenvalue weighted by atomic mass is 10.0. The second kappa shape index (κ2) is 6.40. The van der Waals surface area contributed by atoms with Gasteiger partial charge < -0.3 is 15.3 Å². The van der Waals surface area contributed by atoms with E-state index in [2.05, 4.69) is 49.2 Å². The molecule has 1 aromatic rings. The molecule has 2 N–H and O–H groups in total. The van der Waals surface area contributed by atoms with E-state index < -0.39 is 0 Å². The molecule has 1 unspecified atom stereocenters. The van der Waals surface area contributed by atoms with Crippen LogP contribution in [0.1, 0.15) is 37.8 Å². The van der Waals surface area contributed by atoms with Crippen LogP contribution in [0.4, 0.5) is 5.69 Å². The molecular formula is C16H26N2O. The van der Waals surface area contributed by atoms with Gasteiger partial charge in [0, 0.05) is 31.4 Å². The zero-order valence-electron chi connectivity index (χ0n) is 12.3. The van der Waals surface area contributed by atoms with Crippen molar-refractivity contribution in [1.29, 1.82) is 0 Å². The number of piperidine rings is 1. The number of aliphatic hydroxyl groups is 1. The van der Waals surface area contributed by atoms with Crippen molar-refractivity contribution in [2.24, 2.45) is 0 Å². The predicted octanol–water partition coefficient (Wildman–Crippen LogP) is 2.45. The van der Waals surface area contributed by atoms with E-state index in [1.54, 1.807) is 0 Å². The molecule has 0 aliphatic carbocycles. The highest BCUT2D eigenvalue weighted by Gasteiger charge is 2.18. The number of hydrogen-bond acceptors (Lipinski definition) is 3. The van der Waals surface area contributed by atoms with Gasteiger partial charge in [0.2, 0.25) is 0 Å². The Labute approximate surface area is 116 Å². The van der Waals surface area contributed by atoms with Gasteiger partial charge in [0.25, 0.3) is 0 Å².